The number of nitrogens with two attached hydrogens (primary N) is 1. The zero-order valence-electron chi connectivity index (χ0n) is 11.3. The first-order valence-electron chi connectivity index (χ1n) is 6.32. The summed E-state index contributed by atoms with van der Waals surface area (Å²) in [5.41, 5.74) is 7.52. The number of aromatic nitrogens is 4. The van der Waals surface area contributed by atoms with Crippen LogP contribution in [0.5, 0.6) is 0 Å². The van der Waals surface area contributed by atoms with Crippen LogP contribution >= 0.6 is 15.9 Å². The van der Waals surface area contributed by atoms with E-state index in [1.165, 1.54) is 0 Å². The van der Waals surface area contributed by atoms with Gasteiger partial charge in [0.2, 0.25) is 0 Å². The third-order valence-corrected chi connectivity index (χ3v) is 3.70. The highest BCUT2D eigenvalue weighted by Crippen LogP contribution is 2.27. The van der Waals surface area contributed by atoms with Gasteiger partial charge < -0.3 is 5.73 Å². The molecule has 0 fully saturated rings. The molecule has 102 valence electrons. The molecule has 0 radical (unpaired) electrons. The van der Waals surface area contributed by atoms with Crippen LogP contribution in [0.25, 0.3) is 11.4 Å². The average molecular weight is 324 g/mol. The van der Waals surface area contributed by atoms with Crippen molar-refractivity contribution < 1.29 is 0 Å². The molecule has 0 saturated carbocycles. The van der Waals surface area contributed by atoms with E-state index in [-0.39, 0.29) is 6.04 Å². The molecule has 2 rings (SSSR count). The van der Waals surface area contributed by atoms with Gasteiger partial charge in [0, 0.05) is 15.7 Å². The van der Waals surface area contributed by atoms with Gasteiger partial charge in [0.15, 0.2) is 5.82 Å². The highest BCUT2D eigenvalue weighted by atomic mass is 79.9. The third kappa shape index (κ3) is 3.12. The van der Waals surface area contributed by atoms with E-state index >= 15 is 0 Å². The number of nitrogen functional groups attached to an aromatic ring is 1. The summed E-state index contributed by atoms with van der Waals surface area (Å²) in [6.45, 7) is 6.51. The molecule has 0 amide bonds. The van der Waals surface area contributed by atoms with Crippen LogP contribution in [0, 0.1) is 5.92 Å². The quantitative estimate of drug-likeness (QED) is 0.876. The molecule has 2 N–H and O–H groups in total. The van der Waals surface area contributed by atoms with Crippen molar-refractivity contribution in [2.45, 2.75) is 33.2 Å². The van der Waals surface area contributed by atoms with E-state index in [2.05, 4.69) is 52.2 Å². The fourth-order valence-electron chi connectivity index (χ4n) is 2.15. The largest absolute Gasteiger partial charge is 0.398 e. The molecule has 1 heterocycles. The Bertz CT molecular complexity index is 564. The summed E-state index contributed by atoms with van der Waals surface area (Å²) in [5, 5.41) is 12.0. The minimum absolute atomic E-state index is 0.259. The molecule has 1 unspecified atom stereocenters. The van der Waals surface area contributed by atoms with Crippen molar-refractivity contribution in [2.24, 2.45) is 5.92 Å². The van der Waals surface area contributed by atoms with Crippen molar-refractivity contribution in [3.05, 3.63) is 22.7 Å². The Hall–Kier alpha value is -1.43. The number of rotatable bonds is 4. The first kappa shape index (κ1) is 14.0. The minimum Gasteiger partial charge on any atom is -0.398 e. The predicted octanol–water partition coefficient (Wildman–Crippen LogP) is 3.29. The van der Waals surface area contributed by atoms with Crippen LogP contribution in [0.2, 0.25) is 0 Å². The standard InChI is InChI=1S/C13H18BrN5/c1-8(2)6-9(3)19-13(16-17-18-19)10-4-5-11(14)12(15)7-10/h4-5,7-9H,6,15H2,1-3H3. The van der Waals surface area contributed by atoms with Gasteiger partial charge in [-0.15, -0.1) is 5.10 Å². The normalized spacial score (nSPS) is 12.9. The Kier molecular flexibility index (Phi) is 4.19. The summed E-state index contributed by atoms with van der Waals surface area (Å²) in [7, 11) is 0. The van der Waals surface area contributed by atoms with E-state index < -0.39 is 0 Å². The SMILES string of the molecule is CC(C)CC(C)n1nnnc1-c1ccc(Br)c(N)c1. The summed E-state index contributed by atoms with van der Waals surface area (Å²) in [5.74, 6) is 1.36. The zero-order valence-corrected chi connectivity index (χ0v) is 12.9. The molecule has 0 bridgehead atoms. The number of hydrogen-bond acceptors (Lipinski definition) is 4. The van der Waals surface area contributed by atoms with E-state index in [0.29, 0.717) is 11.6 Å². The van der Waals surface area contributed by atoms with Crippen LogP contribution in [-0.2, 0) is 0 Å². The third-order valence-electron chi connectivity index (χ3n) is 2.98. The van der Waals surface area contributed by atoms with Crippen LogP contribution in [0.15, 0.2) is 22.7 Å². The van der Waals surface area contributed by atoms with E-state index in [0.717, 1.165) is 22.3 Å². The minimum atomic E-state index is 0.259. The van der Waals surface area contributed by atoms with Gasteiger partial charge in [-0.2, -0.15) is 0 Å². The van der Waals surface area contributed by atoms with Crippen LogP contribution in [0.1, 0.15) is 33.2 Å². The van der Waals surface area contributed by atoms with Crippen LogP contribution < -0.4 is 5.73 Å². The lowest BCUT2D eigenvalue weighted by Crippen LogP contribution is -2.11. The van der Waals surface area contributed by atoms with Crippen molar-refractivity contribution in [3.63, 3.8) is 0 Å². The van der Waals surface area contributed by atoms with Gasteiger partial charge >= 0.3 is 0 Å². The first-order valence-corrected chi connectivity index (χ1v) is 7.11. The number of halogens is 1. The van der Waals surface area contributed by atoms with Crippen molar-refractivity contribution in [3.8, 4) is 11.4 Å². The van der Waals surface area contributed by atoms with Crippen molar-refractivity contribution in [2.75, 3.05) is 5.73 Å². The molecule has 0 spiro atoms. The maximum atomic E-state index is 5.91. The number of hydrogen-bond donors (Lipinski definition) is 1. The summed E-state index contributed by atoms with van der Waals surface area (Å²) < 4.78 is 2.74. The monoisotopic (exact) mass is 323 g/mol. The van der Waals surface area contributed by atoms with Gasteiger partial charge in [0.05, 0.1) is 6.04 Å². The molecule has 5 nitrogen and oxygen atoms in total. The average Bonchev–Trinajstić information content (AvgIpc) is 2.81. The van der Waals surface area contributed by atoms with Gasteiger partial charge in [-0.25, -0.2) is 4.68 Å². The zero-order chi connectivity index (χ0) is 14.0. The van der Waals surface area contributed by atoms with Crippen LogP contribution in [0.4, 0.5) is 5.69 Å². The topological polar surface area (TPSA) is 69.6 Å². The molecule has 1 aromatic carbocycles. The Morgan fingerprint density at radius 2 is 2.05 bits per heavy atom. The lowest BCUT2D eigenvalue weighted by molar-refractivity contribution is 0.394. The van der Waals surface area contributed by atoms with Gasteiger partial charge in [0.1, 0.15) is 0 Å². The van der Waals surface area contributed by atoms with Crippen LogP contribution in [-0.4, -0.2) is 20.2 Å². The summed E-state index contributed by atoms with van der Waals surface area (Å²) >= 11 is 3.39. The molecule has 0 aliphatic carbocycles. The van der Waals surface area contributed by atoms with Gasteiger partial charge in [-0.3, -0.25) is 0 Å². The highest BCUT2D eigenvalue weighted by molar-refractivity contribution is 9.10. The van der Waals surface area contributed by atoms with Crippen molar-refractivity contribution in [1.82, 2.24) is 20.2 Å². The smallest absolute Gasteiger partial charge is 0.182 e. The number of anilines is 1. The molecule has 1 atom stereocenters. The highest BCUT2D eigenvalue weighted by Gasteiger charge is 2.16. The molecule has 0 aliphatic heterocycles. The molecule has 1 aromatic heterocycles. The molecular weight excluding hydrogens is 306 g/mol. The fraction of sp³-hybridized carbons (Fsp3) is 0.462. The van der Waals surface area contributed by atoms with E-state index in [1.807, 2.05) is 22.9 Å². The van der Waals surface area contributed by atoms with Crippen molar-refractivity contribution >= 4 is 21.6 Å². The van der Waals surface area contributed by atoms with Gasteiger partial charge in [-0.1, -0.05) is 13.8 Å². The second kappa shape index (κ2) is 5.69. The Labute approximate surface area is 121 Å². The molecule has 2 aromatic rings. The Morgan fingerprint density at radius 1 is 1.32 bits per heavy atom. The van der Waals surface area contributed by atoms with Crippen molar-refractivity contribution in [1.29, 1.82) is 0 Å². The maximum absolute atomic E-state index is 5.91. The Balaban J connectivity index is 2.35. The van der Waals surface area contributed by atoms with Gasteiger partial charge in [-0.05, 0) is 63.8 Å². The predicted molar refractivity (Wildman–Crippen MR) is 79.5 cm³/mol. The maximum Gasteiger partial charge on any atom is 0.182 e. The first-order chi connectivity index (χ1) is 8.99. The molecule has 19 heavy (non-hydrogen) atoms. The van der Waals surface area contributed by atoms with E-state index in [9.17, 15) is 0 Å². The molecule has 0 saturated heterocycles. The lowest BCUT2D eigenvalue weighted by atomic mass is 10.1. The molecule has 0 aliphatic rings. The molecule has 6 heteroatoms. The summed E-state index contributed by atoms with van der Waals surface area (Å²) in [6, 6.07) is 6.02. The number of nitrogens with zero attached hydrogens (tertiary/aromatic N) is 4. The second-order valence-corrected chi connectivity index (χ2v) is 6.02. The summed E-state index contributed by atoms with van der Waals surface area (Å²) in [4.78, 5) is 0. The number of tetrazole rings is 1. The Morgan fingerprint density at radius 3 is 2.68 bits per heavy atom. The van der Waals surface area contributed by atoms with E-state index in [1.54, 1.807) is 0 Å². The lowest BCUT2D eigenvalue weighted by Gasteiger charge is -2.15. The number of benzene rings is 1. The molecular formula is C13H18BrN5. The van der Waals surface area contributed by atoms with Crippen LogP contribution in [0.3, 0.4) is 0 Å². The van der Waals surface area contributed by atoms with E-state index in [4.69, 9.17) is 5.73 Å². The fourth-order valence-corrected chi connectivity index (χ4v) is 2.39. The second-order valence-electron chi connectivity index (χ2n) is 5.16. The summed E-state index contributed by atoms with van der Waals surface area (Å²) in [6.07, 6.45) is 1.03. The van der Waals surface area contributed by atoms with Gasteiger partial charge in [0.25, 0.3) is 0 Å².